The Morgan fingerprint density at radius 3 is 2.67 bits per heavy atom. The van der Waals surface area contributed by atoms with Gasteiger partial charge in [0.15, 0.2) is 17.3 Å². The summed E-state index contributed by atoms with van der Waals surface area (Å²) >= 11 is 0. The van der Waals surface area contributed by atoms with E-state index in [1.807, 2.05) is 42.5 Å². The van der Waals surface area contributed by atoms with Crippen LogP contribution in [0, 0.1) is 12.7 Å². The van der Waals surface area contributed by atoms with Crippen molar-refractivity contribution in [2.75, 3.05) is 18.5 Å². The Balaban J connectivity index is 1.39. The van der Waals surface area contributed by atoms with E-state index in [2.05, 4.69) is 20.8 Å². The van der Waals surface area contributed by atoms with Gasteiger partial charge in [0, 0.05) is 16.6 Å². The SMILES string of the molecule is Cc1nnnn1-c1cc(NC(=O)c2cc(-c3ccc4c(c3)OCCO4)nc3ccccc23)ccc1F. The van der Waals surface area contributed by atoms with Crippen LogP contribution in [0.15, 0.2) is 66.7 Å². The number of nitrogens with one attached hydrogen (secondary N) is 1. The molecule has 1 N–H and O–H groups in total. The lowest BCUT2D eigenvalue weighted by Crippen LogP contribution is -2.15. The first kappa shape index (κ1) is 21.7. The molecule has 1 aliphatic rings. The molecule has 0 bridgehead atoms. The Morgan fingerprint density at radius 1 is 1.00 bits per heavy atom. The largest absolute Gasteiger partial charge is 0.486 e. The number of amides is 1. The van der Waals surface area contributed by atoms with E-state index >= 15 is 0 Å². The van der Waals surface area contributed by atoms with E-state index in [1.54, 1.807) is 13.0 Å². The molecule has 0 fully saturated rings. The molecule has 0 spiro atoms. The number of pyridine rings is 1. The molecule has 3 aromatic carbocycles. The fraction of sp³-hybridized carbons (Fsp3) is 0.115. The summed E-state index contributed by atoms with van der Waals surface area (Å²) in [5.41, 5.74) is 3.02. The third kappa shape index (κ3) is 3.88. The minimum Gasteiger partial charge on any atom is -0.486 e. The Kier molecular flexibility index (Phi) is 5.25. The topological polar surface area (TPSA) is 104 Å². The van der Waals surface area contributed by atoms with Gasteiger partial charge in [-0.1, -0.05) is 18.2 Å². The van der Waals surface area contributed by atoms with E-state index in [-0.39, 0.29) is 11.6 Å². The zero-order chi connectivity index (χ0) is 24.6. The number of ether oxygens (including phenoxy) is 2. The number of hydrogen-bond donors (Lipinski definition) is 1. The lowest BCUT2D eigenvalue weighted by molar-refractivity contribution is 0.102. The maximum absolute atomic E-state index is 14.5. The normalized spacial score (nSPS) is 12.5. The third-order valence-corrected chi connectivity index (χ3v) is 5.86. The summed E-state index contributed by atoms with van der Waals surface area (Å²) < 4.78 is 27.1. The molecule has 0 saturated heterocycles. The van der Waals surface area contributed by atoms with E-state index in [0.29, 0.717) is 58.4 Å². The van der Waals surface area contributed by atoms with Crippen molar-refractivity contribution in [1.29, 1.82) is 0 Å². The second-order valence-electron chi connectivity index (χ2n) is 8.19. The van der Waals surface area contributed by atoms with Crippen molar-refractivity contribution in [2.45, 2.75) is 6.92 Å². The van der Waals surface area contributed by atoms with Gasteiger partial charge in [-0.3, -0.25) is 4.79 Å². The Bertz CT molecular complexity index is 1630. The molecule has 178 valence electrons. The highest BCUT2D eigenvalue weighted by molar-refractivity contribution is 6.13. The molecule has 9 nitrogen and oxygen atoms in total. The zero-order valence-corrected chi connectivity index (χ0v) is 19.1. The number of rotatable bonds is 4. The predicted molar refractivity (Wildman–Crippen MR) is 130 cm³/mol. The molecule has 0 saturated carbocycles. The van der Waals surface area contributed by atoms with E-state index in [0.717, 1.165) is 5.56 Å². The van der Waals surface area contributed by atoms with Gasteiger partial charge in [0.2, 0.25) is 0 Å². The lowest BCUT2D eigenvalue weighted by atomic mass is 10.0. The number of aryl methyl sites for hydroxylation is 1. The highest BCUT2D eigenvalue weighted by atomic mass is 19.1. The number of fused-ring (bicyclic) bond motifs is 2. The van der Waals surface area contributed by atoms with Crippen LogP contribution in [0.25, 0.3) is 27.8 Å². The number of nitrogens with zero attached hydrogens (tertiary/aromatic N) is 5. The molecule has 5 aromatic rings. The van der Waals surface area contributed by atoms with Crippen LogP contribution in [0.1, 0.15) is 16.2 Å². The molecule has 0 radical (unpaired) electrons. The van der Waals surface area contributed by atoms with Crippen LogP contribution >= 0.6 is 0 Å². The van der Waals surface area contributed by atoms with Gasteiger partial charge in [-0.2, -0.15) is 4.68 Å². The second kappa shape index (κ2) is 8.73. The van der Waals surface area contributed by atoms with Crippen molar-refractivity contribution in [3.8, 4) is 28.4 Å². The summed E-state index contributed by atoms with van der Waals surface area (Å²) in [5.74, 6) is 0.851. The molecule has 0 aliphatic carbocycles. The van der Waals surface area contributed by atoms with Crippen LogP contribution in [0.3, 0.4) is 0 Å². The number of carbonyl (C=O) groups excluding carboxylic acids is 1. The Labute approximate surface area is 204 Å². The van der Waals surface area contributed by atoms with E-state index < -0.39 is 5.82 Å². The molecule has 2 aromatic heterocycles. The van der Waals surface area contributed by atoms with E-state index in [4.69, 9.17) is 14.5 Å². The van der Waals surface area contributed by atoms with Gasteiger partial charge in [0.25, 0.3) is 5.91 Å². The lowest BCUT2D eigenvalue weighted by Gasteiger charge is -2.19. The minimum absolute atomic E-state index is 0.131. The molecule has 0 atom stereocenters. The van der Waals surface area contributed by atoms with Gasteiger partial charge in [-0.05, 0) is 65.9 Å². The fourth-order valence-corrected chi connectivity index (χ4v) is 4.12. The molecule has 0 unspecified atom stereocenters. The first-order valence-electron chi connectivity index (χ1n) is 11.2. The van der Waals surface area contributed by atoms with Crippen molar-refractivity contribution in [2.24, 2.45) is 0 Å². The summed E-state index contributed by atoms with van der Waals surface area (Å²) in [5, 5.41) is 14.7. The number of anilines is 1. The molecule has 10 heteroatoms. The summed E-state index contributed by atoms with van der Waals surface area (Å²) in [6.07, 6.45) is 0. The van der Waals surface area contributed by atoms with Gasteiger partial charge < -0.3 is 14.8 Å². The molecule has 36 heavy (non-hydrogen) atoms. The summed E-state index contributed by atoms with van der Waals surface area (Å²) in [7, 11) is 0. The summed E-state index contributed by atoms with van der Waals surface area (Å²) in [4.78, 5) is 18.2. The van der Waals surface area contributed by atoms with Crippen LogP contribution in [0.5, 0.6) is 11.5 Å². The first-order valence-corrected chi connectivity index (χ1v) is 11.2. The van der Waals surface area contributed by atoms with Crippen LogP contribution in [0.4, 0.5) is 10.1 Å². The van der Waals surface area contributed by atoms with Crippen LogP contribution in [0.2, 0.25) is 0 Å². The third-order valence-electron chi connectivity index (χ3n) is 5.86. The van der Waals surface area contributed by atoms with E-state index in [9.17, 15) is 9.18 Å². The van der Waals surface area contributed by atoms with Crippen molar-refractivity contribution >= 4 is 22.5 Å². The van der Waals surface area contributed by atoms with Crippen LogP contribution in [-0.2, 0) is 0 Å². The number of hydrogen-bond acceptors (Lipinski definition) is 7. The highest BCUT2D eigenvalue weighted by Crippen LogP contribution is 2.35. The summed E-state index contributed by atoms with van der Waals surface area (Å²) in [6, 6.07) is 18.9. The van der Waals surface area contributed by atoms with Crippen molar-refractivity contribution in [1.82, 2.24) is 25.2 Å². The second-order valence-corrected chi connectivity index (χ2v) is 8.19. The maximum atomic E-state index is 14.5. The van der Waals surface area contributed by atoms with Gasteiger partial charge in [0.1, 0.15) is 24.7 Å². The standard InChI is InChI=1S/C26H19FN6O3/c1-15-30-31-32-33(15)23-13-17(7-8-20(23)27)28-26(34)19-14-22(29-21-5-3-2-4-18(19)21)16-6-9-24-25(12-16)36-11-10-35-24/h2-9,12-14H,10-11H2,1H3,(H,28,34). The van der Waals surface area contributed by atoms with Gasteiger partial charge in [0.05, 0.1) is 16.8 Å². The molecule has 1 amide bonds. The minimum atomic E-state index is -0.515. The Morgan fingerprint density at radius 2 is 1.83 bits per heavy atom. The van der Waals surface area contributed by atoms with E-state index in [1.165, 1.54) is 22.9 Å². The number of tetrazole rings is 1. The Hall–Kier alpha value is -4.86. The van der Waals surface area contributed by atoms with Gasteiger partial charge in [-0.25, -0.2) is 9.37 Å². The first-order chi connectivity index (χ1) is 17.6. The number of benzene rings is 3. The van der Waals surface area contributed by atoms with Crippen LogP contribution < -0.4 is 14.8 Å². The predicted octanol–water partition coefficient (Wildman–Crippen LogP) is 4.35. The smallest absolute Gasteiger partial charge is 0.256 e. The van der Waals surface area contributed by atoms with Gasteiger partial charge in [-0.15, -0.1) is 5.10 Å². The zero-order valence-electron chi connectivity index (χ0n) is 19.1. The fourth-order valence-electron chi connectivity index (χ4n) is 4.12. The number of para-hydroxylation sites is 1. The molecule has 6 rings (SSSR count). The number of aromatic nitrogens is 5. The highest BCUT2D eigenvalue weighted by Gasteiger charge is 2.18. The maximum Gasteiger partial charge on any atom is 0.256 e. The van der Waals surface area contributed by atoms with Crippen molar-refractivity contribution in [3.05, 3.63) is 83.9 Å². The summed E-state index contributed by atoms with van der Waals surface area (Å²) in [6.45, 7) is 2.63. The molecule has 1 aliphatic heterocycles. The molecular weight excluding hydrogens is 463 g/mol. The van der Waals surface area contributed by atoms with Crippen molar-refractivity contribution in [3.63, 3.8) is 0 Å². The monoisotopic (exact) mass is 482 g/mol. The van der Waals surface area contributed by atoms with Crippen molar-refractivity contribution < 1.29 is 18.7 Å². The molecular formula is C26H19FN6O3. The number of carbonyl (C=O) groups is 1. The molecule has 3 heterocycles. The average molecular weight is 482 g/mol. The van der Waals surface area contributed by atoms with Crippen LogP contribution in [-0.4, -0.2) is 44.3 Å². The van der Waals surface area contributed by atoms with Gasteiger partial charge >= 0.3 is 0 Å². The average Bonchev–Trinajstić information content (AvgIpc) is 3.34. The quantitative estimate of drug-likeness (QED) is 0.406. The number of halogens is 1.